The average molecular weight is 517 g/mol. The molecule has 2 atom stereocenters. The first-order valence-electron chi connectivity index (χ1n) is 11.0. The molecule has 0 fully saturated rings. The van der Waals surface area contributed by atoms with E-state index in [1.807, 2.05) is 42.5 Å². The molecule has 11 nitrogen and oxygen atoms in total. The lowest BCUT2D eigenvalue weighted by Crippen LogP contribution is -2.41. The Hall–Kier alpha value is -3.96. The number of rotatable bonds is 11. The van der Waals surface area contributed by atoms with Gasteiger partial charge in [-0.2, -0.15) is 15.4 Å². The molecule has 190 valence electrons. The van der Waals surface area contributed by atoms with E-state index in [-0.39, 0.29) is 18.7 Å². The summed E-state index contributed by atoms with van der Waals surface area (Å²) in [6.45, 7) is 0.980. The number of benzene rings is 2. The summed E-state index contributed by atoms with van der Waals surface area (Å²) in [5.41, 5.74) is 2.80. The molecule has 0 radical (unpaired) electrons. The number of esters is 1. The largest absolute Gasteiger partial charge is 0.511 e. The summed E-state index contributed by atoms with van der Waals surface area (Å²) >= 11 is 6.08. The van der Waals surface area contributed by atoms with Crippen molar-refractivity contribution in [3.63, 3.8) is 0 Å². The van der Waals surface area contributed by atoms with Crippen LogP contribution >= 0.6 is 11.6 Å². The minimum atomic E-state index is -1.59. The monoisotopic (exact) mass is 516 g/mol. The van der Waals surface area contributed by atoms with Crippen LogP contribution in [0.4, 0.5) is 4.79 Å². The minimum absolute atomic E-state index is 0.0520. The highest BCUT2D eigenvalue weighted by molar-refractivity contribution is 6.30. The normalized spacial score (nSPS) is 12.3. The maximum absolute atomic E-state index is 12.5. The summed E-state index contributed by atoms with van der Waals surface area (Å²) < 4.78 is 13.9. The van der Waals surface area contributed by atoms with E-state index >= 15 is 0 Å². The molecule has 0 aliphatic rings. The fraction of sp³-hybridized carbons (Fsp3) is 0.292. The Bertz CT molecular complexity index is 1160. The number of H-pyrrole nitrogens is 1. The van der Waals surface area contributed by atoms with E-state index < -0.39 is 37.0 Å². The number of aliphatic hydroxyl groups is 1. The minimum Gasteiger partial charge on any atom is -0.435 e. The number of amides is 1. The smallest absolute Gasteiger partial charge is 0.435 e. The van der Waals surface area contributed by atoms with Crippen molar-refractivity contribution in [1.82, 2.24) is 20.7 Å². The van der Waals surface area contributed by atoms with Crippen LogP contribution in [0.25, 0.3) is 11.1 Å². The van der Waals surface area contributed by atoms with E-state index in [1.54, 1.807) is 13.0 Å². The maximum atomic E-state index is 12.5. The SMILES string of the molecule is CCOC(=O)OCOC(=O)[C@H](O)C[C@@H](Cc1ccc(-c2cccc(Cl)c2)cc1)NC(=O)c1cn[nH]n1. The van der Waals surface area contributed by atoms with E-state index in [1.165, 1.54) is 6.20 Å². The summed E-state index contributed by atoms with van der Waals surface area (Å²) in [6, 6.07) is 14.4. The zero-order valence-corrected chi connectivity index (χ0v) is 20.1. The highest BCUT2D eigenvalue weighted by atomic mass is 35.5. The second-order valence-electron chi connectivity index (χ2n) is 7.60. The summed E-state index contributed by atoms with van der Waals surface area (Å²) in [5, 5.41) is 23.4. The third-order valence-corrected chi connectivity index (χ3v) is 5.23. The van der Waals surface area contributed by atoms with Crippen molar-refractivity contribution in [1.29, 1.82) is 0 Å². The van der Waals surface area contributed by atoms with Crippen LogP contribution in [0.2, 0.25) is 5.02 Å². The van der Waals surface area contributed by atoms with Gasteiger partial charge in [0.1, 0.15) is 0 Å². The molecule has 0 bridgehead atoms. The molecule has 3 N–H and O–H groups in total. The van der Waals surface area contributed by atoms with Crippen LogP contribution in [-0.4, -0.2) is 64.1 Å². The number of carbonyl (C=O) groups excluding carboxylic acids is 3. The van der Waals surface area contributed by atoms with Crippen molar-refractivity contribution in [2.24, 2.45) is 0 Å². The molecule has 0 saturated heterocycles. The molecule has 1 heterocycles. The predicted molar refractivity (Wildman–Crippen MR) is 128 cm³/mol. The van der Waals surface area contributed by atoms with E-state index in [0.717, 1.165) is 16.7 Å². The summed E-state index contributed by atoms with van der Waals surface area (Å²) in [7, 11) is 0. The molecule has 0 spiro atoms. The van der Waals surface area contributed by atoms with E-state index in [0.29, 0.717) is 11.4 Å². The van der Waals surface area contributed by atoms with Gasteiger partial charge in [-0.05, 0) is 42.2 Å². The van der Waals surface area contributed by atoms with Crippen LogP contribution in [0.3, 0.4) is 0 Å². The third kappa shape index (κ3) is 8.07. The van der Waals surface area contributed by atoms with Crippen LogP contribution in [-0.2, 0) is 25.4 Å². The Kier molecular flexibility index (Phi) is 9.78. The Morgan fingerprint density at radius 3 is 2.53 bits per heavy atom. The summed E-state index contributed by atoms with van der Waals surface area (Å²) in [6.07, 6.45) is -1.22. The number of ether oxygens (including phenoxy) is 3. The number of carbonyl (C=O) groups is 3. The van der Waals surface area contributed by atoms with Gasteiger partial charge in [0.2, 0.25) is 6.79 Å². The third-order valence-electron chi connectivity index (χ3n) is 5.00. The molecule has 2 aromatic carbocycles. The van der Waals surface area contributed by atoms with Crippen LogP contribution in [0, 0.1) is 0 Å². The predicted octanol–water partition coefficient (Wildman–Crippen LogP) is 2.89. The molecule has 12 heteroatoms. The van der Waals surface area contributed by atoms with Gasteiger partial charge in [-0.3, -0.25) is 4.79 Å². The number of nitrogens with one attached hydrogen (secondary N) is 2. The van der Waals surface area contributed by atoms with Crippen molar-refractivity contribution < 1.29 is 33.7 Å². The van der Waals surface area contributed by atoms with Crippen LogP contribution in [0.5, 0.6) is 0 Å². The first-order valence-corrected chi connectivity index (χ1v) is 11.4. The van der Waals surface area contributed by atoms with Crippen molar-refractivity contribution in [3.8, 4) is 11.1 Å². The number of hydrogen-bond donors (Lipinski definition) is 3. The molecular formula is C24H25ClN4O7. The maximum Gasteiger partial charge on any atom is 0.511 e. The molecule has 36 heavy (non-hydrogen) atoms. The average Bonchev–Trinajstić information content (AvgIpc) is 3.40. The number of hydrogen-bond acceptors (Lipinski definition) is 9. The number of halogens is 1. The van der Waals surface area contributed by atoms with Crippen molar-refractivity contribution in [2.75, 3.05) is 13.4 Å². The molecule has 0 unspecified atom stereocenters. The first kappa shape index (κ1) is 26.6. The van der Waals surface area contributed by atoms with Gasteiger partial charge in [-0.1, -0.05) is 48.0 Å². The number of aromatic amines is 1. The second kappa shape index (κ2) is 13.2. The molecule has 0 saturated carbocycles. The molecular weight excluding hydrogens is 492 g/mol. The number of nitrogens with zero attached hydrogens (tertiary/aromatic N) is 2. The summed E-state index contributed by atoms with van der Waals surface area (Å²) in [4.78, 5) is 35.9. The zero-order valence-electron chi connectivity index (χ0n) is 19.3. The van der Waals surface area contributed by atoms with Gasteiger partial charge >= 0.3 is 12.1 Å². The van der Waals surface area contributed by atoms with E-state index in [4.69, 9.17) is 16.3 Å². The molecule has 1 amide bonds. The van der Waals surface area contributed by atoms with Crippen LogP contribution < -0.4 is 5.32 Å². The fourth-order valence-electron chi connectivity index (χ4n) is 3.31. The molecule has 0 aliphatic heterocycles. The Morgan fingerprint density at radius 1 is 1.08 bits per heavy atom. The van der Waals surface area contributed by atoms with Gasteiger partial charge in [-0.25, -0.2) is 9.59 Å². The van der Waals surface area contributed by atoms with Crippen LogP contribution in [0.15, 0.2) is 54.7 Å². The van der Waals surface area contributed by atoms with Gasteiger partial charge in [0.25, 0.3) is 5.91 Å². The molecule has 1 aromatic heterocycles. The lowest BCUT2D eigenvalue weighted by atomic mass is 9.97. The zero-order chi connectivity index (χ0) is 25.9. The van der Waals surface area contributed by atoms with Crippen molar-refractivity contribution in [3.05, 3.63) is 71.0 Å². The molecule has 0 aliphatic carbocycles. The standard InChI is InChI=1S/C24H25ClN4O7/c1-2-34-24(33)36-14-35-23(32)21(30)12-19(27-22(31)20-13-26-29-28-20)10-15-6-8-16(9-7-15)17-4-3-5-18(25)11-17/h3-9,11,13,19,21,30H,2,10,12,14H2,1H3,(H,27,31)(H,26,28,29)/t19-,21-/m1/s1. The van der Waals surface area contributed by atoms with Gasteiger partial charge in [-0.15, -0.1) is 0 Å². The highest BCUT2D eigenvalue weighted by Gasteiger charge is 2.25. The van der Waals surface area contributed by atoms with Gasteiger partial charge in [0.15, 0.2) is 11.8 Å². The number of aliphatic hydroxyl groups excluding tert-OH is 1. The van der Waals surface area contributed by atoms with E-state index in [9.17, 15) is 19.5 Å². The van der Waals surface area contributed by atoms with Gasteiger partial charge < -0.3 is 24.6 Å². The summed E-state index contributed by atoms with van der Waals surface area (Å²) in [5.74, 6) is -1.55. The van der Waals surface area contributed by atoms with Crippen molar-refractivity contribution >= 4 is 29.6 Å². The quantitative estimate of drug-likeness (QED) is 0.258. The lowest BCUT2D eigenvalue weighted by Gasteiger charge is -2.21. The topological polar surface area (TPSA) is 153 Å². The Balaban J connectivity index is 1.65. The highest BCUT2D eigenvalue weighted by Crippen LogP contribution is 2.23. The Labute approximate surface area is 211 Å². The fourth-order valence-corrected chi connectivity index (χ4v) is 3.50. The number of aromatic nitrogens is 3. The first-order chi connectivity index (χ1) is 17.4. The lowest BCUT2D eigenvalue weighted by molar-refractivity contribution is -0.163. The van der Waals surface area contributed by atoms with Crippen molar-refractivity contribution in [2.45, 2.75) is 31.9 Å². The van der Waals surface area contributed by atoms with Crippen LogP contribution in [0.1, 0.15) is 29.4 Å². The van der Waals surface area contributed by atoms with E-state index in [2.05, 4.69) is 30.2 Å². The molecule has 3 aromatic rings. The molecule has 3 rings (SSSR count). The van der Waals surface area contributed by atoms with Gasteiger partial charge in [0, 0.05) is 17.5 Å². The van der Waals surface area contributed by atoms with Gasteiger partial charge in [0.05, 0.1) is 12.8 Å². The second-order valence-corrected chi connectivity index (χ2v) is 8.03. The Morgan fingerprint density at radius 2 is 1.86 bits per heavy atom.